The number of hydrogen-bond acceptors (Lipinski definition) is 2. The number of unbranched alkanes of at least 4 members (excludes halogenated alkanes) is 5. The summed E-state index contributed by atoms with van der Waals surface area (Å²) in [6, 6.07) is 0. The van der Waals surface area contributed by atoms with E-state index < -0.39 is 0 Å². The van der Waals surface area contributed by atoms with E-state index in [4.69, 9.17) is 4.74 Å². The van der Waals surface area contributed by atoms with Crippen LogP contribution in [0.3, 0.4) is 0 Å². The maximum Gasteiger partial charge on any atom is 0.0587 e. The molecule has 0 aromatic rings. The van der Waals surface area contributed by atoms with Crippen LogP contribution < -0.4 is 5.32 Å². The second-order valence-corrected chi connectivity index (χ2v) is 6.75. The van der Waals surface area contributed by atoms with Crippen molar-refractivity contribution in [3.63, 3.8) is 0 Å². The second-order valence-electron chi connectivity index (χ2n) is 6.75. The molecule has 0 heterocycles. The molecule has 1 saturated carbocycles. The largest absolute Gasteiger partial charge is 0.383 e. The van der Waals surface area contributed by atoms with E-state index >= 15 is 0 Å². The van der Waals surface area contributed by atoms with E-state index in [-0.39, 0.29) is 0 Å². The summed E-state index contributed by atoms with van der Waals surface area (Å²) in [6.07, 6.45) is 17.2. The van der Waals surface area contributed by atoms with Gasteiger partial charge in [-0.3, -0.25) is 0 Å². The summed E-state index contributed by atoms with van der Waals surface area (Å²) in [5.41, 5.74) is 0.608. The lowest BCUT2D eigenvalue weighted by Gasteiger charge is -2.38. The van der Waals surface area contributed by atoms with Crippen LogP contribution in [0.15, 0.2) is 0 Å². The summed E-state index contributed by atoms with van der Waals surface area (Å²) in [4.78, 5) is 0. The first-order chi connectivity index (χ1) is 9.83. The Morgan fingerprint density at radius 3 is 2.35 bits per heavy atom. The zero-order chi connectivity index (χ0) is 14.5. The molecular formula is C18H37NO. The van der Waals surface area contributed by atoms with E-state index in [0.717, 1.165) is 13.2 Å². The van der Waals surface area contributed by atoms with Gasteiger partial charge in [-0.2, -0.15) is 0 Å². The van der Waals surface area contributed by atoms with Gasteiger partial charge in [-0.15, -0.1) is 0 Å². The van der Waals surface area contributed by atoms with Gasteiger partial charge in [0.25, 0.3) is 0 Å². The summed E-state index contributed by atoms with van der Waals surface area (Å²) in [5.74, 6) is 0. The van der Waals surface area contributed by atoms with E-state index in [1.54, 1.807) is 7.11 Å². The Morgan fingerprint density at radius 1 is 0.950 bits per heavy atom. The van der Waals surface area contributed by atoms with Crippen molar-refractivity contribution < 1.29 is 4.74 Å². The van der Waals surface area contributed by atoms with Crippen molar-refractivity contribution in [2.45, 2.75) is 84.0 Å². The first kappa shape index (κ1) is 18.0. The maximum atomic E-state index is 5.14. The van der Waals surface area contributed by atoms with Crippen molar-refractivity contribution in [1.29, 1.82) is 0 Å². The van der Waals surface area contributed by atoms with Crippen molar-refractivity contribution in [1.82, 2.24) is 5.32 Å². The molecule has 1 fully saturated rings. The van der Waals surface area contributed by atoms with Gasteiger partial charge in [0.05, 0.1) is 6.61 Å². The van der Waals surface area contributed by atoms with Crippen LogP contribution in [0.4, 0.5) is 0 Å². The lowest BCUT2D eigenvalue weighted by atomic mass is 9.70. The Balaban J connectivity index is 2.20. The minimum atomic E-state index is 0.608. The van der Waals surface area contributed by atoms with Crippen molar-refractivity contribution in [3.8, 4) is 0 Å². The number of nitrogens with one attached hydrogen (secondary N) is 1. The lowest BCUT2D eigenvalue weighted by Crippen LogP contribution is -2.37. The van der Waals surface area contributed by atoms with Crippen LogP contribution in [0.25, 0.3) is 0 Å². The highest BCUT2D eigenvalue weighted by molar-refractivity contribution is 4.84. The summed E-state index contributed by atoms with van der Waals surface area (Å²) in [6.45, 7) is 5.36. The molecule has 1 aliphatic rings. The molecule has 1 rings (SSSR count). The van der Waals surface area contributed by atoms with Crippen LogP contribution in [0.5, 0.6) is 0 Å². The normalized spacial score (nSPS) is 18.3. The summed E-state index contributed by atoms with van der Waals surface area (Å²) in [5, 5.41) is 3.63. The first-order valence-electron chi connectivity index (χ1n) is 9.03. The third-order valence-electron chi connectivity index (χ3n) is 4.96. The molecule has 1 N–H and O–H groups in total. The van der Waals surface area contributed by atoms with Crippen LogP contribution in [0.2, 0.25) is 0 Å². The molecule has 2 heteroatoms. The van der Waals surface area contributed by atoms with Crippen molar-refractivity contribution in [3.05, 3.63) is 0 Å². The van der Waals surface area contributed by atoms with E-state index in [1.165, 1.54) is 83.6 Å². The highest BCUT2D eigenvalue weighted by Crippen LogP contribution is 2.40. The van der Waals surface area contributed by atoms with Gasteiger partial charge in [-0.25, -0.2) is 0 Å². The Bertz CT molecular complexity index is 211. The summed E-state index contributed by atoms with van der Waals surface area (Å²) < 4.78 is 5.14. The fraction of sp³-hybridized carbons (Fsp3) is 1.00. The quantitative estimate of drug-likeness (QED) is 0.513. The van der Waals surface area contributed by atoms with Crippen LogP contribution >= 0.6 is 0 Å². The third kappa shape index (κ3) is 7.64. The fourth-order valence-electron chi connectivity index (χ4n) is 3.63. The average Bonchev–Trinajstić information content (AvgIpc) is 2.48. The Labute approximate surface area is 127 Å². The standard InChI is InChI=1S/C18H37NO/c1-3-4-5-6-7-9-12-18(13-10-8-11-14-18)17-19-15-16-20-2/h19H,3-17H2,1-2H3. The topological polar surface area (TPSA) is 21.3 Å². The molecule has 0 spiro atoms. The van der Waals surface area contributed by atoms with Gasteiger partial charge in [-0.1, -0.05) is 64.7 Å². The fourth-order valence-corrected chi connectivity index (χ4v) is 3.63. The molecular weight excluding hydrogens is 246 g/mol. The van der Waals surface area contributed by atoms with Gasteiger partial charge in [0.15, 0.2) is 0 Å². The lowest BCUT2D eigenvalue weighted by molar-refractivity contribution is 0.149. The van der Waals surface area contributed by atoms with E-state index in [9.17, 15) is 0 Å². The van der Waals surface area contributed by atoms with Gasteiger partial charge >= 0.3 is 0 Å². The van der Waals surface area contributed by atoms with Gasteiger partial charge < -0.3 is 10.1 Å². The van der Waals surface area contributed by atoms with Gasteiger partial charge in [-0.05, 0) is 24.7 Å². The summed E-state index contributed by atoms with van der Waals surface area (Å²) in [7, 11) is 1.79. The van der Waals surface area contributed by atoms with Crippen LogP contribution in [0.1, 0.15) is 84.0 Å². The Hall–Kier alpha value is -0.0800. The van der Waals surface area contributed by atoms with Crippen molar-refractivity contribution in [2.75, 3.05) is 26.8 Å². The number of hydrogen-bond donors (Lipinski definition) is 1. The SMILES string of the molecule is CCCCCCCCC1(CNCCOC)CCCCC1. The highest BCUT2D eigenvalue weighted by Gasteiger charge is 2.30. The van der Waals surface area contributed by atoms with Gasteiger partial charge in [0.1, 0.15) is 0 Å². The predicted octanol–water partition coefficient (Wildman–Crippen LogP) is 4.92. The molecule has 0 aromatic carbocycles. The Morgan fingerprint density at radius 2 is 1.65 bits per heavy atom. The van der Waals surface area contributed by atoms with E-state index in [2.05, 4.69) is 12.2 Å². The van der Waals surface area contributed by atoms with Gasteiger partial charge in [0, 0.05) is 20.2 Å². The molecule has 0 aliphatic heterocycles. The summed E-state index contributed by atoms with van der Waals surface area (Å²) >= 11 is 0. The number of methoxy groups -OCH3 is 1. The molecule has 0 radical (unpaired) electrons. The third-order valence-corrected chi connectivity index (χ3v) is 4.96. The smallest absolute Gasteiger partial charge is 0.0587 e. The molecule has 0 aromatic heterocycles. The molecule has 0 amide bonds. The molecule has 0 unspecified atom stereocenters. The zero-order valence-corrected chi connectivity index (χ0v) is 14.0. The highest BCUT2D eigenvalue weighted by atomic mass is 16.5. The first-order valence-corrected chi connectivity index (χ1v) is 9.03. The van der Waals surface area contributed by atoms with Gasteiger partial charge in [0.2, 0.25) is 0 Å². The van der Waals surface area contributed by atoms with E-state index in [0.29, 0.717) is 5.41 Å². The zero-order valence-electron chi connectivity index (χ0n) is 14.0. The van der Waals surface area contributed by atoms with Crippen molar-refractivity contribution >= 4 is 0 Å². The molecule has 0 atom stereocenters. The Kier molecular flexibility index (Phi) is 10.4. The molecule has 20 heavy (non-hydrogen) atoms. The van der Waals surface area contributed by atoms with Crippen molar-refractivity contribution in [2.24, 2.45) is 5.41 Å². The molecule has 2 nitrogen and oxygen atoms in total. The number of rotatable bonds is 12. The monoisotopic (exact) mass is 283 g/mol. The van der Waals surface area contributed by atoms with Crippen LogP contribution in [-0.2, 0) is 4.74 Å². The predicted molar refractivity (Wildman–Crippen MR) is 88.3 cm³/mol. The van der Waals surface area contributed by atoms with Crippen LogP contribution in [0, 0.1) is 5.41 Å². The maximum absolute atomic E-state index is 5.14. The minimum absolute atomic E-state index is 0.608. The van der Waals surface area contributed by atoms with E-state index in [1.807, 2.05) is 0 Å². The molecule has 0 saturated heterocycles. The second kappa shape index (κ2) is 11.6. The molecule has 1 aliphatic carbocycles. The van der Waals surface area contributed by atoms with Crippen LogP contribution in [-0.4, -0.2) is 26.8 Å². The minimum Gasteiger partial charge on any atom is -0.383 e. The molecule has 0 bridgehead atoms. The average molecular weight is 284 g/mol. The number of ether oxygens (including phenoxy) is 1. The molecule has 120 valence electrons.